The van der Waals surface area contributed by atoms with Crippen LogP contribution in [-0.4, -0.2) is 58.0 Å². The van der Waals surface area contributed by atoms with Crippen molar-refractivity contribution in [2.45, 2.75) is 32.5 Å². The van der Waals surface area contributed by atoms with Gasteiger partial charge in [0.15, 0.2) is 6.61 Å². The highest BCUT2D eigenvalue weighted by Gasteiger charge is 2.25. The molecule has 170 valence electrons. The van der Waals surface area contributed by atoms with Crippen molar-refractivity contribution in [1.82, 2.24) is 19.8 Å². The Hall–Kier alpha value is -3.00. The number of carbonyl (C=O) groups is 2. The number of rotatable bonds is 11. The third-order valence-electron chi connectivity index (χ3n) is 5.16. The standard InChI is InChI=1S/C24H30N4O3S/c1-4-28-21-13-9-8-12-19(21)25-22(28)16-27(2)24(30)20(14-15-32-3)26-23(29)17-31-18-10-6-5-7-11-18/h5-13,20H,4,14-17H2,1-3H3,(H,26,29). The van der Waals surface area contributed by atoms with Crippen LogP contribution in [0.4, 0.5) is 0 Å². The van der Waals surface area contributed by atoms with Gasteiger partial charge in [0.2, 0.25) is 5.91 Å². The van der Waals surface area contributed by atoms with E-state index in [0.29, 0.717) is 18.7 Å². The van der Waals surface area contributed by atoms with Crippen LogP contribution in [0, 0.1) is 0 Å². The zero-order valence-electron chi connectivity index (χ0n) is 18.8. The highest BCUT2D eigenvalue weighted by molar-refractivity contribution is 7.98. The molecule has 2 aromatic carbocycles. The monoisotopic (exact) mass is 454 g/mol. The minimum atomic E-state index is -0.612. The molecule has 1 N–H and O–H groups in total. The number of fused-ring (bicyclic) bond motifs is 1. The van der Waals surface area contributed by atoms with E-state index in [1.807, 2.05) is 48.7 Å². The SMILES string of the molecule is CCn1c(CN(C)C(=O)C(CCSC)NC(=O)COc2ccccc2)nc2ccccc21. The zero-order valence-corrected chi connectivity index (χ0v) is 19.6. The molecule has 0 spiro atoms. The number of nitrogens with one attached hydrogen (secondary N) is 1. The van der Waals surface area contributed by atoms with E-state index >= 15 is 0 Å². The molecule has 1 atom stereocenters. The van der Waals surface area contributed by atoms with Crippen LogP contribution >= 0.6 is 11.8 Å². The Morgan fingerprint density at radius 3 is 2.59 bits per heavy atom. The minimum Gasteiger partial charge on any atom is -0.484 e. The summed E-state index contributed by atoms with van der Waals surface area (Å²) in [6.45, 7) is 3.06. The van der Waals surface area contributed by atoms with Crippen molar-refractivity contribution in [1.29, 1.82) is 0 Å². The average molecular weight is 455 g/mol. The van der Waals surface area contributed by atoms with Gasteiger partial charge >= 0.3 is 0 Å². The first-order chi connectivity index (χ1) is 15.5. The van der Waals surface area contributed by atoms with Gasteiger partial charge in [-0.2, -0.15) is 11.8 Å². The Labute approximate surface area is 193 Å². The molecule has 0 saturated heterocycles. The second-order valence-corrected chi connectivity index (χ2v) is 8.44. The fraction of sp³-hybridized carbons (Fsp3) is 0.375. The number of aromatic nitrogens is 2. The Morgan fingerprint density at radius 2 is 1.88 bits per heavy atom. The topological polar surface area (TPSA) is 76.5 Å². The smallest absolute Gasteiger partial charge is 0.258 e. The molecule has 32 heavy (non-hydrogen) atoms. The quantitative estimate of drug-likeness (QED) is 0.481. The Kier molecular flexibility index (Phi) is 8.56. The molecule has 0 bridgehead atoms. The van der Waals surface area contributed by atoms with Crippen LogP contribution in [-0.2, 0) is 22.7 Å². The predicted molar refractivity (Wildman–Crippen MR) is 129 cm³/mol. The number of nitrogens with zero attached hydrogens (tertiary/aromatic N) is 3. The number of thioether (sulfide) groups is 1. The Balaban J connectivity index is 1.66. The fourth-order valence-electron chi connectivity index (χ4n) is 3.55. The lowest BCUT2D eigenvalue weighted by molar-refractivity contribution is -0.136. The van der Waals surface area contributed by atoms with Crippen LogP contribution in [0.15, 0.2) is 54.6 Å². The number of likely N-dealkylation sites (N-methyl/N-ethyl adjacent to an activating group) is 1. The van der Waals surface area contributed by atoms with Gasteiger partial charge in [-0.05, 0) is 49.6 Å². The third-order valence-corrected chi connectivity index (χ3v) is 5.81. The van der Waals surface area contributed by atoms with Gasteiger partial charge in [0.05, 0.1) is 17.6 Å². The lowest BCUT2D eigenvalue weighted by Gasteiger charge is -2.24. The van der Waals surface area contributed by atoms with Crippen molar-refractivity contribution in [2.24, 2.45) is 0 Å². The lowest BCUT2D eigenvalue weighted by atomic mass is 10.2. The molecule has 1 unspecified atom stereocenters. The molecule has 3 rings (SSSR count). The van der Waals surface area contributed by atoms with Gasteiger partial charge in [0, 0.05) is 13.6 Å². The normalized spacial score (nSPS) is 11.8. The van der Waals surface area contributed by atoms with E-state index in [0.717, 1.165) is 29.2 Å². The molecule has 0 fully saturated rings. The highest BCUT2D eigenvalue weighted by Crippen LogP contribution is 2.17. The van der Waals surface area contributed by atoms with Crippen molar-refractivity contribution < 1.29 is 14.3 Å². The largest absolute Gasteiger partial charge is 0.484 e. The number of carbonyl (C=O) groups excluding carboxylic acids is 2. The van der Waals surface area contributed by atoms with Crippen LogP contribution in [0.3, 0.4) is 0 Å². The van der Waals surface area contributed by atoms with Gasteiger partial charge in [-0.25, -0.2) is 4.98 Å². The maximum atomic E-state index is 13.2. The molecule has 1 aromatic heterocycles. The van der Waals surface area contributed by atoms with Crippen molar-refractivity contribution in [3.8, 4) is 5.75 Å². The van der Waals surface area contributed by atoms with Crippen molar-refractivity contribution in [3.05, 3.63) is 60.4 Å². The maximum absolute atomic E-state index is 13.2. The molecule has 8 heteroatoms. The minimum absolute atomic E-state index is 0.137. The third kappa shape index (κ3) is 6.03. The van der Waals surface area contributed by atoms with E-state index in [1.165, 1.54) is 0 Å². The van der Waals surface area contributed by atoms with E-state index in [9.17, 15) is 9.59 Å². The number of hydrogen-bond donors (Lipinski definition) is 1. The highest BCUT2D eigenvalue weighted by atomic mass is 32.2. The van der Waals surface area contributed by atoms with Gasteiger partial charge in [0.1, 0.15) is 17.6 Å². The van der Waals surface area contributed by atoms with E-state index in [-0.39, 0.29) is 18.4 Å². The van der Waals surface area contributed by atoms with Gasteiger partial charge < -0.3 is 19.5 Å². The van der Waals surface area contributed by atoms with Crippen LogP contribution in [0.2, 0.25) is 0 Å². The number of aryl methyl sites for hydroxylation is 1. The number of para-hydroxylation sites is 3. The first kappa shape index (κ1) is 23.7. The molecule has 7 nitrogen and oxygen atoms in total. The summed E-state index contributed by atoms with van der Waals surface area (Å²) in [7, 11) is 1.75. The molecule has 0 aliphatic heterocycles. The number of hydrogen-bond acceptors (Lipinski definition) is 5. The fourth-order valence-corrected chi connectivity index (χ4v) is 4.02. The van der Waals surface area contributed by atoms with Gasteiger partial charge in [-0.1, -0.05) is 30.3 Å². The summed E-state index contributed by atoms with van der Waals surface area (Å²) < 4.78 is 7.63. The molecule has 0 saturated carbocycles. The average Bonchev–Trinajstić information content (AvgIpc) is 3.17. The number of ether oxygens (including phenoxy) is 1. The van der Waals surface area contributed by atoms with Crippen molar-refractivity contribution >= 4 is 34.6 Å². The Morgan fingerprint density at radius 1 is 1.16 bits per heavy atom. The Bertz CT molecular complexity index is 1040. The molecule has 2 amide bonds. The summed E-state index contributed by atoms with van der Waals surface area (Å²) in [5.41, 5.74) is 1.96. The summed E-state index contributed by atoms with van der Waals surface area (Å²) in [6, 6.07) is 16.5. The summed E-state index contributed by atoms with van der Waals surface area (Å²) in [4.78, 5) is 32.0. The second kappa shape index (κ2) is 11.6. The lowest BCUT2D eigenvalue weighted by Crippen LogP contribution is -2.48. The zero-order chi connectivity index (χ0) is 22.9. The summed E-state index contributed by atoms with van der Waals surface area (Å²) >= 11 is 1.64. The molecular weight excluding hydrogens is 424 g/mol. The van der Waals surface area contributed by atoms with Crippen molar-refractivity contribution in [3.63, 3.8) is 0 Å². The van der Waals surface area contributed by atoms with Crippen LogP contribution in [0.25, 0.3) is 11.0 Å². The molecule has 3 aromatic rings. The maximum Gasteiger partial charge on any atom is 0.258 e. The first-order valence-electron chi connectivity index (χ1n) is 10.7. The summed E-state index contributed by atoms with van der Waals surface area (Å²) in [5.74, 6) is 1.75. The molecular formula is C24H30N4O3S. The van der Waals surface area contributed by atoms with E-state index in [4.69, 9.17) is 9.72 Å². The summed E-state index contributed by atoms with van der Waals surface area (Å²) in [5, 5.41) is 2.85. The van der Waals surface area contributed by atoms with Crippen LogP contribution in [0.1, 0.15) is 19.2 Å². The second-order valence-electron chi connectivity index (χ2n) is 7.46. The van der Waals surface area contributed by atoms with Gasteiger partial charge in [-0.3, -0.25) is 9.59 Å². The molecule has 1 heterocycles. The molecule has 0 radical (unpaired) electrons. The number of imidazole rings is 1. The number of benzene rings is 2. The number of amides is 2. The van der Waals surface area contributed by atoms with Gasteiger partial charge in [0.25, 0.3) is 5.91 Å². The molecule has 0 aliphatic carbocycles. The molecule has 0 aliphatic rings. The van der Waals surface area contributed by atoms with E-state index in [2.05, 4.69) is 16.8 Å². The van der Waals surface area contributed by atoms with Crippen LogP contribution in [0.5, 0.6) is 5.75 Å². The first-order valence-corrected chi connectivity index (χ1v) is 12.1. The predicted octanol–water partition coefficient (Wildman–Crippen LogP) is 3.33. The van der Waals surface area contributed by atoms with E-state index < -0.39 is 6.04 Å². The van der Waals surface area contributed by atoms with Crippen LogP contribution < -0.4 is 10.1 Å². The van der Waals surface area contributed by atoms with Crippen molar-refractivity contribution in [2.75, 3.05) is 25.7 Å². The van der Waals surface area contributed by atoms with E-state index in [1.54, 1.807) is 35.8 Å². The van der Waals surface area contributed by atoms with Gasteiger partial charge in [-0.15, -0.1) is 0 Å². The summed E-state index contributed by atoms with van der Waals surface area (Å²) in [6.07, 6.45) is 2.53.